The number of benzene rings is 1. The molecule has 7 heteroatoms. The van der Waals surface area contributed by atoms with E-state index >= 15 is 0 Å². The van der Waals surface area contributed by atoms with Crippen molar-refractivity contribution in [3.63, 3.8) is 0 Å². The lowest BCUT2D eigenvalue weighted by Crippen LogP contribution is -2.46. The lowest BCUT2D eigenvalue weighted by Gasteiger charge is -2.38. The molecule has 1 aromatic carbocycles. The number of nitrogens with zero attached hydrogens (tertiary/aromatic N) is 3. The first-order valence-corrected chi connectivity index (χ1v) is 9.93. The fourth-order valence-electron chi connectivity index (χ4n) is 3.11. The minimum atomic E-state index is -3.15. The van der Waals surface area contributed by atoms with Crippen LogP contribution in [0.15, 0.2) is 47.9 Å². The maximum Gasteiger partial charge on any atom is 0.175 e. The van der Waals surface area contributed by atoms with E-state index in [-0.39, 0.29) is 0 Å². The molecule has 0 aliphatic carbocycles. The SMILES string of the molecule is CS(=O)(=O)c1ccc(CN2CCC(O)(Cn3ccnc3)CC2)cc1. The molecule has 0 radical (unpaired) electrons. The van der Waals surface area contributed by atoms with Gasteiger partial charge in [-0.05, 0) is 30.5 Å². The molecule has 0 saturated carbocycles. The van der Waals surface area contributed by atoms with Gasteiger partial charge in [-0.3, -0.25) is 4.90 Å². The Labute approximate surface area is 142 Å². The fourth-order valence-corrected chi connectivity index (χ4v) is 3.74. The van der Waals surface area contributed by atoms with Gasteiger partial charge in [0.2, 0.25) is 0 Å². The fraction of sp³-hybridized carbons (Fsp3) is 0.471. The number of hydrogen-bond donors (Lipinski definition) is 1. The summed E-state index contributed by atoms with van der Waals surface area (Å²) in [6.07, 6.45) is 7.97. The van der Waals surface area contributed by atoms with E-state index in [0.717, 1.165) is 25.2 Å². The first-order chi connectivity index (χ1) is 11.3. The minimum Gasteiger partial charge on any atom is -0.388 e. The van der Waals surface area contributed by atoms with Gasteiger partial charge >= 0.3 is 0 Å². The molecule has 1 fully saturated rings. The second-order valence-electron chi connectivity index (χ2n) is 6.65. The third-order valence-corrected chi connectivity index (χ3v) is 5.71. The van der Waals surface area contributed by atoms with Crippen LogP contribution in [0, 0.1) is 0 Å². The number of aromatic nitrogens is 2. The number of aliphatic hydroxyl groups is 1. The molecular weight excluding hydrogens is 326 g/mol. The average Bonchev–Trinajstić information content (AvgIpc) is 3.02. The Kier molecular flexibility index (Phi) is 4.76. The van der Waals surface area contributed by atoms with E-state index in [0.29, 0.717) is 24.3 Å². The van der Waals surface area contributed by atoms with E-state index in [1.165, 1.54) is 6.26 Å². The number of piperidine rings is 1. The molecule has 3 rings (SSSR count). The van der Waals surface area contributed by atoms with Crippen LogP contribution in [0.5, 0.6) is 0 Å². The van der Waals surface area contributed by atoms with Crippen LogP contribution in [0.3, 0.4) is 0 Å². The van der Waals surface area contributed by atoms with Crippen molar-refractivity contribution in [2.75, 3.05) is 19.3 Å². The largest absolute Gasteiger partial charge is 0.388 e. The average molecular weight is 349 g/mol. The van der Waals surface area contributed by atoms with E-state index in [9.17, 15) is 13.5 Å². The second-order valence-corrected chi connectivity index (χ2v) is 8.67. The van der Waals surface area contributed by atoms with Gasteiger partial charge < -0.3 is 9.67 Å². The van der Waals surface area contributed by atoms with Crippen molar-refractivity contribution in [1.29, 1.82) is 0 Å². The van der Waals surface area contributed by atoms with E-state index in [4.69, 9.17) is 0 Å². The summed E-state index contributed by atoms with van der Waals surface area (Å²) in [6.45, 7) is 2.98. The molecule has 1 aliphatic rings. The second kappa shape index (κ2) is 6.66. The third kappa shape index (κ3) is 4.23. The molecule has 1 N–H and O–H groups in total. The normalized spacial score (nSPS) is 18.6. The van der Waals surface area contributed by atoms with Crippen LogP contribution in [-0.4, -0.2) is 52.9 Å². The quantitative estimate of drug-likeness (QED) is 0.881. The van der Waals surface area contributed by atoms with Crippen molar-refractivity contribution in [2.24, 2.45) is 0 Å². The zero-order valence-electron chi connectivity index (χ0n) is 13.8. The lowest BCUT2D eigenvalue weighted by atomic mass is 9.91. The Balaban J connectivity index is 1.55. The minimum absolute atomic E-state index is 0.347. The number of likely N-dealkylation sites (tertiary alicyclic amines) is 1. The van der Waals surface area contributed by atoms with Crippen molar-refractivity contribution in [3.8, 4) is 0 Å². The molecule has 0 amide bonds. The van der Waals surface area contributed by atoms with Crippen LogP contribution in [0.25, 0.3) is 0 Å². The van der Waals surface area contributed by atoms with Gasteiger partial charge in [0.15, 0.2) is 9.84 Å². The van der Waals surface area contributed by atoms with Gasteiger partial charge in [0, 0.05) is 38.3 Å². The summed E-state index contributed by atoms with van der Waals surface area (Å²) in [7, 11) is -3.15. The number of imidazole rings is 1. The van der Waals surface area contributed by atoms with Crippen LogP contribution < -0.4 is 0 Å². The van der Waals surface area contributed by atoms with Crippen molar-refractivity contribution < 1.29 is 13.5 Å². The molecule has 0 bridgehead atoms. The van der Waals surface area contributed by atoms with Gasteiger partial charge in [-0.1, -0.05) is 12.1 Å². The number of hydrogen-bond acceptors (Lipinski definition) is 5. The molecule has 24 heavy (non-hydrogen) atoms. The summed E-state index contributed by atoms with van der Waals surface area (Å²) < 4.78 is 24.9. The van der Waals surface area contributed by atoms with E-state index in [2.05, 4.69) is 9.88 Å². The van der Waals surface area contributed by atoms with Gasteiger partial charge in [0.1, 0.15) is 0 Å². The Bertz CT molecular complexity index is 762. The standard InChI is InChI=1S/C17H23N3O3S/c1-24(22,23)16-4-2-15(3-5-16)12-19-9-6-17(21,7-10-19)13-20-11-8-18-14-20/h2-5,8,11,14,21H,6-7,9-10,12-13H2,1H3. The molecule has 1 aliphatic heterocycles. The summed E-state index contributed by atoms with van der Waals surface area (Å²) in [6, 6.07) is 7.04. The lowest BCUT2D eigenvalue weighted by molar-refractivity contribution is -0.0357. The van der Waals surface area contributed by atoms with E-state index in [1.54, 1.807) is 24.7 Å². The van der Waals surface area contributed by atoms with Crippen molar-refractivity contribution in [3.05, 3.63) is 48.5 Å². The Morgan fingerprint density at radius 2 is 1.88 bits per heavy atom. The zero-order valence-corrected chi connectivity index (χ0v) is 14.6. The van der Waals surface area contributed by atoms with Crippen LogP contribution in [-0.2, 0) is 22.9 Å². The van der Waals surface area contributed by atoms with Crippen LogP contribution >= 0.6 is 0 Å². The molecule has 2 aromatic rings. The Morgan fingerprint density at radius 1 is 1.21 bits per heavy atom. The highest BCUT2D eigenvalue weighted by Gasteiger charge is 2.32. The maximum atomic E-state index is 11.5. The summed E-state index contributed by atoms with van der Waals surface area (Å²) in [5.74, 6) is 0. The van der Waals surface area contributed by atoms with Gasteiger partial charge in [0.25, 0.3) is 0 Å². The summed E-state index contributed by atoms with van der Waals surface area (Å²) in [5.41, 5.74) is 0.402. The van der Waals surface area contributed by atoms with Gasteiger partial charge in [0.05, 0.1) is 23.4 Å². The zero-order chi connectivity index (χ0) is 17.2. The van der Waals surface area contributed by atoms with E-state index in [1.807, 2.05) is 22.9 Å². The maximum absolute atomic E-state index is 11.5. The smallest absolute Gasteiger partial charge is 0.175 e. The molecule has 6 nitrogen and oxygen atoms in total. The first kappa shape index (κ1) is 17.1. The van der Waals surface area contributed by atoms with Crippen LogP contribution in [0.1, 0.15) is 18.4 Å². The first-order valence-electron chi connectivity index (χ1n) is 8.04. The van der Waals surface area contributed by atoms with Gasteiger partial charge in [-0.25, -0.2) is 13.4 Å². The number of rotatable bonds is 5. The highest BCUT2D eigenvalue weighted by atomic mass is 32.2. The predicted octanol–water partition coefficient (Wildman–Crippen LogP) is 1.31. The third-order valence-electron chi connectivity index (χ3n) is 4.58. The van der Waals surface area contributed by atoms with Gasteiger partial charge in [-0.2, -0.15) is 0 Å². The van der Waals surface area contributed by atoms with E-state index < -0.39 is 15.4 Å². The highest BCUT2D eigenvalue weighted by molar-refractivity contribution is 7.90. The molecule has 0 atom stereocenters. The topological polar surface area (TPSA) is 75.4 Å². The number of sulfone groups is 1. The predicted molar refractivity (Wildman–Crippen MR) is 91.2 cm³/mol. The summed E-state index contributed by atoms with van der Waals surface area (Å²) in [4.78, 5) is 6.65. The highest BCUT2D eigenvalue weighted by Crippen LogP contribution is 2.25. The Morgan fingerprint density at radius 3 is 2.42 bits per heavy atom. The monoisotopic (exact) mass is 349 g/mol. The molecule has 1 saturated heterocycles. The molecule has 1 aromatic heterocycles. The molecule has 2 heterocycles. The molecule has 0 unspecified atom stereocenters. The van der Waals surface area contributed by atoms with Gasteiger partial charge in [-0.15, -0.1) is 0 Å². The Hall–Kier alpha value is -1.70. The summed E-state index contributed by atoms with van der Waals surface area (Å²) >= 11 is 0. The molecule has 0 spiro atoms. The van der Waals surface area contributed by atoms with Crippen molar-refractivity contribution in [1.82, 2.24) is 14.5 Å². The van der Waals surface area contributed by atoms with Crippen molar-refractivity contribution >= 4 is 9.84 Å². The molecular formula is C17H23N3O3S. The van der Waals surface area contributed by atoms with Crippen molar-refractivity contribution in [2.45, 2.75) is 36.4 Å². The van der Waals surface area contributed by atoms with Crippen LogP contribution in [0.2, 0.25) is 0 Å². The molecule has 130 valence electrons. The van der Waals surface area contributed by atoms with Crippen LogP contribution in [0.4, 0.5) is 0 Å². The summed E-state index contributed by atoms with van der Waals surface area (Å²) in [5, 5.41) is 10.7.